The van der Waals surface area contributed by atoms with Crippen molar-refractivity contribution >= 4 is 6.21 Å². The predicted octanol–water partition coefficient (Wildman–Crippen LogP) is 7.81. The molecule has 0 bridgehead atoms. The van der Waals surface area contributed by atoms with Crippen molar-refractivity contribution in [2.75, 3.05) is 0 Å². The van der Waals surface area contributed by atoms with Crippen molar-refractivity contribution in [1.29, 1.82) is 0 Å². The van der Waals surface area contributed by atoms with Crippen LogP contribution in [0, 0.1) is 13.8 Å². The lowest BCUT2D eigenvalue weighted by Gasteiger charge is -2.26. The fraction of sp³-hybridized carbons (Fsp3) is 0.433. The Morgan fingerprint density at radius 1 is 0.903 bits per heavy atom. The van der Waals surface area contributed by atoms with Crippen molar-refractivity contribution in [3.63, 3.8) is 0 Å². The second-order valence-corrected chi connectivity index (χ2v) is 11.1. The van der Waals surface area contributed by atoms with Crippen LogP contribution in [0.2, 0.25) is 0 Å². The van der Waals surface area contributed by atoms with E-state index in [0.717, 1.165) is 12.8 Å². The number of benzene rings is 2. The number of nitrogens with zero attached hydrogens (tertiary/aromatic N) is 1. The van der Waals surface area contributed by atoms with Crippen LogP contribution in [0.15, 0.2) is 65.2 Å². The number of hydrogen-bond acceptors (Lipinski definition) is 1. The average molecular weight is 414 g/mol. The summed E-state index contributed by atoms with van der Waals surface area (Å²) in [6.07, 6.45) is 10.7. The summed E-state index contributed by atoms with van der Waals surface area (Å²) >= 11 is 0. The summed E-state index contributed by atoms with van der Waals surface area (Å²) in [4.78, 5) is 5.09. The van der Waals surface area contributed by atoms with Gasteiger partial charge in [-0.1, -0.05) is 84.0 Å². The largest absolute Gasteiger partial charge is 0.284 e. The molecule has 0 aliphatic heterocycles. The molecular weight excluding hydrogens is 374 g/mol. The third kappa shape index (κ3) is 5.85. The van der Waals surface area contributed by atoms with Crippen LogP contribution in [0.4, 0.5) is 0 Å². The Morgan fingerprint density at radius 2 is 1.48 bits per heavy atom. The Morgan fingerprint density at radius 3 is 2.03 bits per heavy atom. The second-order valence-electron chi connectivity index (χ2n) is 11.1. The lowest BCUT2D eigenvalue weighted by Crippen LogP contribution is -2.17. The molecule has 1 heteroatoms. The van der Waals surface area contributed by atoms with E-state index in [2.05, 4.69) is 116 Å². The maximum atomic E-state index is 5.09. The monoisotopic (exact) mass is 413 g/mol. The van der Waals surface area contributed by atoms with E-state index in [1.807, 2.05) is 0 Å². The van der Waals surface area contributed by atoms with Crippen LogP contribution >= 0.6 is 0 Å². The van der Waals surface area contributed by atoms with E-state index in [0.29, 0.717) is 0 Å². The van der Waals surface area contributed by atoms with Crippen molar-refractivity contribution in [3.05, 3.63) is 93.6 Å². The van der Waals surface area contributed by atoms with E-state index >= 15 is 0 Å². The lowest BCUT2D eigenvalue weighted by molar-refractivity contribution is 0.568. The van der Waals surface area contributed by atoms with Gasteiger partial charge in [-0.05, 0) is 88.6 Å². The zero-order chi connectivity index (χ0) is 22.8. The first kappa shape index (κ1) is 23.3. The van der Waals surface area contributed by atoms with Crippen LogP contribution in [0.1, 0.15) is 81.3 Å². The minimum atomic E-state index is 0.116. The van der Waals surface area contributed by atoms with Crippen molar-refractivity contribution < 1.29 is 0 Å². The summed E-state index contributed by atoms with van der Waals surface area (Å²) in [5.74, 6) is 0. The Kier molecular flexibility index (Phi) is 6.74. The van der Waals surface area contributed by atoms with Crippen molar-refractivity contribution in [3.8, 4) is 0 Å². The van der Waals surface area contributed by atoms with Gasteiger partial charge in [0.05, 0.1) is 6.04 Å². The highest BCUT2D eigenvalue weighted by molar-refractivity contribution is 5.81. The highest BCUT2D eigenvalue weighted by Crippen LogP contribution is 2.30. The van der Waals surface area contributed by atoms with Gasteiger partial charge in [0.1, 0.15) is 0 Å². The molecule has 3 rings (SSSR count). The summed E-state index contributed by atoms with van der Waals surface area (Å²) in [5, 5.41) is 0. The normalized spacial score (nSPS) is 17.3. The average Bonchev–Trinajstić information content (AvgIpc) is 2.68. The summed E-state index contributed by atoms with van der Waals surface area (Å²) in [7, 11) is 0. The molecule has 164 valence electrons. The van der Waals surface area contributed by atoms with Gasteiger partial charge in [-0.3, -0.25) is 4.99 Å². The fourth-order valence-electron chi connectivity index (χ4n) is 4.10. The molecule has 0 amide bonds. The third-order valence-corrected chi connectivity index (χ3v) is 6.35. The quantitative estimate of drug-likeness (QED) is 0.453. The van der Waals surface area contributed by atoms with E-state index in [9.17, 15) is 0 Å². The zero-order valence-electron chi connectivity index (χ0n) is 20.7. The number of aryl methyl sites for hydroxylation is 2. The zero-order valence-corrected chi connectivity index (χ0v) is 20.7. The summed E-state index contributed by atoms with van der Waals surface area (Å²) in [6.45, 7) is 18.1. The van der Waals surface area contributed by atoms with Gasteiger partial charge < -0.3 is 0 Å². The van der Waals surface area contributed by atoms with E-state index < -0.39 is 0 Å². The molecule has 0 heterocycles. The smallest absolute Gasteiger partial charge is 0.0750 e. The lowest BCUT2D eigenvalue weighted by atomic mass is 9.79. The molecule has 2 aromatic rings. The molecule has 31 heavy (non-hydrogen) atoms. The first-order chi connectivity index (χ1) is 14.4. The standard InChI is InChI=1S/C30H39N/c1-21-12-11-13-22(2)27(21)18-24-14-9-10-15-28(24)31-20-23-16-25(29(3,4)5)19-26(17-23)30(6,7)8/h9-14,16-17,19-20,28H,15,18H2,1-8H3. The maximum absolute atomic E-state index is 5.09. The fourth-order valence-corrected chi connectivity index (χ4v) is 4.10. The van der Waals surface area contributed by atoms with E-state index in [-0.39, 0.29) is 16.9 Å². The molecule has 0 saturated heterocycles. The van der Waals surface area contributed by atoms with Gasteiger partial charge in [0.15, 0.2) is 0 Å². The molecule has 1 aliphatic rings. The Bertz CT molecular complexity index is 967. The number of allylic oxidation sites excluding steroid dienone is 2. The van der Waals surface area contributed by atoms with Crippen molar-refractivity contribution in [1.82, 2.24) is 0 Å². The molecule has 0 N–H and O–H groups in total. The molecule has 1 nitrogen and oxygen atoms in total. The van der Waals surface area contributed by atoms with E-state index in [1.165, 1.54) is 39.0 Å². The van der Waals surface area contributed by atoms with Crippen LogP contribution in [-0.4, -0.2) is 12.3 Å². The molecule has 1 unspecified atom stereocenters. The molecule has 0 aromatic heterocycles. The first-order valence-electron chi connectivity index (χ1n) is 11.5. The molecule has 1 atom stereocenters. The van der Waals surface area contributed by atoms with Crippen LogP contribution in [0.3, 0.4) is 0 Å². The van der Waals surface area contributed by atoms with Gasteiger partial charge >= 0.3 is 0 Å². The van der Waals surface area contributed by atoms with Gasteiger partial charge in [0.25, 0.3) is 0 Å². The van der Waals surface area contributed by atoms with Gasteiger partial charge in [-0.15, -0.1) is 0 Å². The van der Waals surface area contributed by atoms with Crippen LogP contribution in [0.5, 0.6) is 0 Å². The number of rotatable bonds is 4. The molecule has 0 spiro atoms. The summed E-state index contributed by atoms with van der Waals surface area (Å²) < 4.78 is 0. The Balaban J connectivity index is 1.91. The maximum Gasteiger partial charge on any atom is 0.0750 e. The molecule has 0 radical (unpaired) electrons. The van der Waals surface area contributed by atoms with E-state index in [4.69, 9.17) is 4.99 Å². The van der Waals surface area contributed by atoms with Crippen molar-refractivity contribution in [2.45, 2.75) is 85.1 Å². The van der Waals surface area contributed by atoms with Gasteiger partial charge in [-0.2, -0.15) is 0 Å². The van der Waals surface area contributed by atoms with Crippen LogP contribution < -0.4 is 0 Å². The van der Waals surface area contributed by atoms with E-state index in [1.54, 1.807) is 0 Å². The predicted molar refractivity (Wildman–Crippen MR) is 137 cm³/mol. The summed E-state index contributed by atoms with van der Waals surface area (Å²) in [6, 6.07) is 13.8. The molecule has 2 aromatic carbocycles. The van der Waals surface area contributed by atoms with Gasteiger partial charge in [0, 0.05) is 6.21 Å². The molecule has 1 aliphatic carbocycles. The highest BCUT2D eigenvalue weighted by Gasteiger charge is 2.21. The minimum Gasteiger partial charge on any atom is -0.284 e. The third-order valence-electron chi connectivity index (χ3n) is 6.35. The highest BCUT2D eigenvalue weighted by atomic mass is 14.8. The molecule has 0 fully saturated rings. The van der Waals surface area contributed by atoms with Crippen LogP contribution in [-0.2, 0) is 17.3 Å². The number of hydrogen-bond donors (Lipinski definition) is 0. The Hall–Kier alpha value is -2.41. The van der Waals surface area contributed by atoms with Crippen molar-refractivity contribution in [2.24, 2.45) is 4.99 Å². The topological polar surface area (TPSA) is 12.4 Å². The summed E-state index contributed by atoms with van der Waals surface area (Å²) in [5.41, 5.74) is 9.76. The number of aliphatic imine (C=N–C) groups is 1. The molecule has 0 saturated carbocycles. The first-order valence-corrected chi connectivity index (χ1v) is 11.5. The SMILES string of the molecule is Cc1cccc(C)c1CC1=CC=CCC1N=Cc1cc(C(C)(C)C)cc(C(C)(C)C)c1. The Labute approximate surface area is 190 Å². The van der Waals surface area contributed by atoms with Gasteiger partial charge in [0.2, 0.25) is 0 Å². The van der Waals surface area contributed by atoms with Crippen LogP contribution in [0.25, 0.3) is 0 Å². The van der Waals surface area contributed by atoms with Gasteiger partial charge in [-0.25, -0.2) is 0 Å². The second kappa shape index (κ2) is 8.99. The minimum absolute atomic E-state index is 0.116. The molecular formula is C30H39N.